The number of hydrogen-bond acceptors (Lipinski definition) is 4. The molecule has 1 aromatic heterocycles. The highest BCUT2D eigenvalue weighted by atomic mass is 32.2. The molecule has 0 aliphatic heterocycles. The second-order valence-electron chi connectivity index (χ2n) is 5.84. The largest absolute Gasteiger partial charge is 0.369 e. The molecular formula is C14H20N2O2S. The monoisotopic (exact) mass is 280 g/mol. The van der Waals surface area contributed by atoms with Crippen LogP contribution in [0.15, 0.2) is 23.2 Å². The second kappa shape index (κ2) is 4.78. The Morgan fingerprint density at radius 1 is 1.32 bits per heavy atom. The van der Waals surface area contributed by atoms with Crippen molar-refractivity contribution < 1.29 is 8.42 Å². The smallest absolute Gasteiger partial charge is 0.179 e. The van der Waals surface area contributed by atoms with Gasteiger partial charge in [0.2, 0.25) is 0 Å². The van der Waals surface area contributed by atoms with Gasteiger partial charge in [-0.1, -0.05) is 0 Å². The Kier molecular flexibility index (Phi) is 3.25. The highest BCUT2D eigenvalue weighted by molar-refractivity contribution is 7.90. The van der Waals surface area contributed by atoms with Crippen LogP contribution in [0.4, 0.5) is 5.82 Å². The Labute approximate surface area is 114 Å². The third kappa shape index (κ3) is 3.08. The lowest BCUT2D eigenvalue weighted by Gasteiger charge is -2.17. The number of aromatic nitrogens is 1. The molecule has 0 unspecified atom stereocenters. The SMILES string of the molecule is CS(=O)(=O)c1cccnc1NCC(C1CC1)C1CC1. The Hall–Kier alpha value is -1.10. The summed E-state index contributed by atoms with van der Waals surface area (Å²) in [7, 11) is -3.22. The Morgan fingerprint density at radius 2 is 1.95 bits per heavy atom. The van der Waals surface area contributed by atoms with Crippen LogP contribution in [0.3, 0.4) is 0 Å². The van der Waals surface area contributed by atoms with Crippen LogP contribution >= 0.6 is 0 Å². The fraction of sp³-hybridized carbons (Fsp3) is 0.643. The average molecular weight is 280 g/mol. The molecule has 104 valence electrons. The van der Waals surface area contributed by atoms with E-state index in [1.807, 2.05) is 0 Å². The lowest BCUT2D eigenvalue weighted by molar-refractivity contribution is 0.427. The number of nitrogens with one attached hydrogen (secondary N) is 1. The molecule has 0 atom stereocenters. The summed E-state index contributed by atoms with van der Waals surface area (Å²) in [5.74, 6) is 2.92. The minimum absolute atomic E-state index is 0.306. The van der Waals surface area contributed by atoms with E-state index in [4.69, 9.17) is 0 Å². The van der Waals surface area contributed by atoms with E-state index >= 15 is 0 Å². The first-order chi connectivity index (χ1) is 9.05. The van der Waals surface area contributed by atoms with Gasteiger partial charge >= 0.3 is 0 Å². The Balaban J connectivity index is 1.72. The van der Waals surface area contributed by atoms with Crippen LogP contribution in [0, 0.1) is 17.8 Å². The molecule has 0 radical (unpaired) electrons. The zero-order chi connectivity index (χ0) is 13.5. The van der Waals surface area contributed by atoms with Crippen LogP contribution in [0.25, 0.3) is 0 Å². The molecule has 0 spiro atoms. The van der Waals surface area contributed by atoms with Gasteiger partial charge in [0.25, 0.3) is 0 Å². The van der Waals surface area contributed by atoms with Gasteiger partial charge < -0.3 is 5.32 Å². The van der Waals surface area contributed by atoms with Gasteiger partial charge in [-0.25, -0.2) is 13.4 Å². The van der Waals surface area contributed by atoms with Crippen molar-refractivity contribution in [3.8, 4) is 0 Å². The van der Waals surface area contributed by atoms with Gasteiger partial charge in [0.05, 0.1) is 0 Å². The van der Waals surface area contributed by atoms with Crippen molar-refractivity contribution in [1.29, 1.82) is 0 Å². The molecule has 1 heterocycles. The number of pyridine rings is 1. The summed E-state index contributed by atoms with van der Waals surface area (Å²) < 4.78 is 23.4. The van der Waals surface area contributed by atoms with Crippen molar-refractivity contribution in [3.05, 3.63) is 18.3 Å². The zero-order valence-electron chi connectivity index (χ0n) is 11.2. The van der Waals surface area contributed by atoms with Gasteiger partial charge in [-0.2, -0.15) is 0 Å². The van der Waals surface area contributed by atoms with Gasteiger partial charge in [0.1, 0.15) is 10.7 Å². The van der Waals surface area contributed by atoms with E-state index in [1.54, 1.807) is 18.3 Å². The summed E-state index contributed by atoms with van der Waals surface area (Å²) in [5.41, 5.74) is 0. The van der Waals surface area contributed by atoms with Crippen LogP contribution in [0.2, 0.25) is 0 Å². The van der Waals surface area contributed by atoms with Gasteiger partial charge in [-0.15, -0.1) is 0 Å². The molecule has 3 rings (SSSR count). The molecule has 2 fully saturated rings. The van der Waals surface area contributed by atoms with E-state index in [1.165, 1.54) is 31.9 Å². The van der Waals surface area contributed by atoms with Crippen molar-refractivity contribution in [3.63, 3.8) is 0 Å². The maximum atomic E-state index is 11.7. The first-order valence-corrected chi connectivity index (χ1v) is 8.84. The van der Waals surface area contributed by atoms with E-state index in [-0.39, 0.29) is 0 Å². The van der Waals surface area contributed by atoms with E-state index in [0.717, 1.165) is 18.4 Å². The molecule has 19 heavy (non-hydrogen) atoms. The van der Waals surface area contributed by atoms with Gasteiger partial charge in [0, 0.05) is 19.0 Å². The summed E-state index contributed by atoms with van der Waals surface area (Å²) in [4.78, 5) is 4.49. The lowest BCUT2D eigenvalue weighted by Crippen LogP contribution is -2.20. The van der Waals surface area contributed by atoms with Crippen molar-refractivity contribution in [1.82, 2.24) is 4.98 Å². The predicted molar refractivity (Wildman–Crippen MR) is 74.8 cm³/mol. The van der Waals surface area contributed by atoms with Crippen LogP contribution in [0.1, 0.15) is 25.7 Å². The van der Waals surface area contributed by atoms with Crippen molar-refractivity contribution in [2.45, 2.75) is 30.6 Å². The minimum atomic E-state index is -3.22. The van der Waals surface area contributed by atoms with E-state index < -0.39 is 9.84 Å². The van der Waals surface area contributed by atoms with Gasteiger partial charge in [-0.05, 0) is 55.6 Å². The van der Waals surface area contributed by atoms with Gasteiger partial charge in [0.15, 0.2) is 9.84 Å². The van der Waals surface area contributed by atoms with Crippen LogP contribution in [0.5, 0.6) is 0 Å². The molecule has 0 aromatic carbocycles. The molecule has 0 saturated heterocycles. The fourth-order valence-corrected chi connectivity index (χ4v) is 3.61. The summed E-state index contributed by atoms with van der Waals surface area (Å²) in [5, 5.41) is 3.27. The normalized spacial score (nSPS) is 19.7. The first kappa shape index (κ1) is 12.9. The maximum Gasteiger partial charge on any atom is 0.179 e. The standard InChI is InChI=1S/C14H20N2O2S/c1-19(17,18)13-3-2-8-15-14(13)16-9-12(10-4-5-10)11-6-7-11/h2-3,8,10-12H,4-7,9H2,1H3,(H,15,16). The molecule has 0 amide bonds. The molecule has 2 aliphatic carbocycles. The number of anilines is 1. The van der Waals surface area contributed by atoms with Crippen LogP contribution in [-0.4, -0.2) is 26.2 Å². The molecule has 4 nitrogen and oxygen atoms in total. The van der Waals surface area contributed by atoms with Crippen molar-refractivity contribution in [2.75, 3.05) is 18.1 Å². The highest BCUT2D eigenvalue weighted by Gasteiger charge is 2.41. The minimum Gasteiger partial charge on any atom is -0.369 e. The van der Waals surface area contributed by atoms with Crippen LogP contribution < -0.4 is 5.32 Å². The zero-order valence-corrected chi connectivity index (χ0v) is 12.0. The summed E-state index contributed by atoms with van der Waals surface area (Å²) >= 11 is 0. The quantitative estimate of drug-likeness (QED) is 0.869. The molecule has 2 saturated carbocycles. The first-order valence-electron chi connectivity index (χ1n) is 6.94. The average Bonchev–Trinajstić information content (AvgIpc) is 3.23. The summed E-state index contributed by atoms with van der Waals surface area (Å²) in [6, 6.07) is 3.29. The molecule has 1 N–H and O–H groups in total. The molecule has 5 heteroatoms. The lowest BCUT2D eigenvalue weighted by atomic mass is 9.98. The van der Waals surface area contributed by atoms with Crippen molar-refractivity contribution in [2.24, 2.45) is 17.8 Å². The third-order valence-corrected chi connectivity index (χ3v) is 5.26. The molecule has 0 bridgehead atoms. The van der Waals surface area contributed by atoms with Gasteiger partial charge in [-0.3, -0.25) is 0 Å². The van der Waals surface area contributed by atoms with E-state index in [0.29, 0.717) is 16.6 Å². The number of sulfone groups is 1. The maximum absolute atomic E-state index is 11.7. The number of rotatable bonds is 6. The topological polar surface area (TPSA) is 59.1 Å². The second-order valence-corrected chi connectivity index (χ2v) is 7.83. The highest BCUT2D eigenvalue weighted by Crippen LogP contribution is 2.49. The van der Waals surface area contributed by atoms with Crippen molar-refractivity contribution >= 4 is 15.7 Å². The summed E-state index contributed by atoms with van der Waals surface area (Å²) in [6.07, 6.45) is 8.22. The Bertz CT molecular complexity index is 551. The molecule has 2 aliphatic rings. The third-order valence-electron chi connectivity index (χ3n) is 4.13. The summed E-state index contributed by atoms with van der Waals surface area (Å²) in [6.45, 7) is 0.856. The van der Waals surface area contributed by atoms with Crippen LogP contribution in [-0.2, 0) is 9.84 Å². The van der Waals surface area contributed by atoms with E-state index in [2.05, 4.69) is 10.3 Å². The predicted octanol–water partition coefficient (Wildman–Crippen LogP) is 2.33. The fourth-order valence-electron chi connectivity index (χ4n) is 2.80. The number of hydrogen-bond donors (Lipinski definition) is 1. The Morgan fingerprint density at radius 3 is 2.47 bits per heavy atom. The number of nitrogens with zero attached hydrogens (tertiary/aromatic N) is 1. The molecule has 1 aromatic rings. The van der Waals surface area contributed by atoms with E-state index in [9.17, 15) is 8.42 Å². The molecular weight excluding hydrogens is 260 g/mol.